The molecule has 0 saturated carbocycles. The monoisotopic (exact) mass is 1050 g/mol. The van der Waals surface area contributed by atoms with Crippen molar-refractivity contribution in [3.8, 4) is 11.4 Å². The fourth-order valence-electron chi connectivity index (χ4n) is 8.06. The molecule has 0 N–H and O–H groups in total. The maximum absolute atomic E-state index is 13.9. The van der Waals surface area contributed by atoms with Gasteiger partial charge in [-0.2, -0.15) is 0 Å². The second-order valence-corrected chi connectivity index (χ2v) is 31.6. The third-order valence-corrected chi connectivity index (χ3v) is 15.7. The molecule has 2 fully saturated rings. The van der Waals surface area contributed by atoms with Gasteiger partial charge in [0.1, 0.15) is 46.7 Å². The zero-order chi connectivity index (χ0) is 48.9. The molecule has 0 spiro atoms. The van der Waals surface area contributed by atoms with Gasteiger partial charge in [-0.25, -0.2) is 48.3 Å². The van der Waals surface area contributed by atoms with Crippen LogP contribution in [0.4, 0.5) is 8.78 Å². The van der Waals surface area contributed by atoms with Crippen LogP contribution in [0.15, 0.2) is 81.8 Å². The summed E-state index contributed by atoms with van der Waals surface area (Å²) in [4.78, 5) is 53.2. The molecule has 2 saturated heterocycles. The van der Waals surface area contributed by atoms with Crippen LogP contribution in [0.25, 0.3) is 45.3 Å². The van der Waals surface area contributed by atoms with Crippen molar-refractivity contribution in [2.24, 2.45) is 0 Å². The van der Waals surface area contributed by atoms with Crippen LogP contribution < -0.4 is 11.4 Å². The number of imidazole rings is 4. The van der Waals surface area contributed by atoms with Gasteiger partial charge in [-0.1, -0.05) is 39.3 Å². The maximum atomic E-state index is 13.9. The Morgan fingerprint density at radius 2 is 1.17 bits per heavy atom. The molecule has 0 aromatic carbocycles. The van der Waals surface area contributed by atoms with Gasteiger partial charge in [0.2, 0.25) is 0 Å². The number of aromatic nitrogens is 12. The van der Waals surface area contributed by atoms with Crippen LogP contribution in [-0.4, -0.2) is 113 Å². The summed E-state index contributed by atoms with van der Waals surface area (Å²) in [5.74, 6) is -0.618. The molecule has 18 nitrogen and oxygen atoms in total. The second-order valence-electron chi connectivity index (χ2n) is 19.5. The molecular weight excluding hydrogens is 991 g/mol. The van der Waals surface area contributed by atoms with E-state index in [1.54, 1.807) is 70.2 Å². The Hall–Kier alpha value is -5.31. The summed E-state index contributed by atoms with van der Waals surface area (Å²) in [5.41, 5.74) is 4.37. The highest BCUT2D eigenvalue weighted by Crippen LogP contribution is 2.27. The van der Waals surface area contributed by atoms with Gasteiger partial charge in [0.15, 0.2) is 22.6 Å². The van der Waals surface area contributed by atoms with E-state index in [1.807, 2.05) is 0 Å². The number of halogens is 3. The molecule has 69 heavy (non-hydrogen) atoms. The Bertz CT molecular complexity index is 3150. The topological polar surface area (TPSA) is 177 Å². The standard InChI is InChI=1S/C23H29FN6O3Si.C16H25BrN4O3Si.C7H5FN2/c1-34(2,3)11-10-33-15-29-21-22(30(23(29)31)17-6-8-32-9-7-17)27-18(12-26-21)19-13-25-20-5-4-16(24)14-28(19)20;1-25(2,3)9-8-24-11-20-14-15(19-13(17)10-18-14)21(16(20)22)12-4-6-23-7-5-12;8-6-1-2-7-9-3-4-10(7)5-6/h4-5,12-14,17H,6-11,15H2,1-3H3;10,12H,4-9,11H2,1-3H3;1-5H. The first-order chi connectivity index (χ1) is 33.0. The molecule has 0 bridgehead atoms. The third kappa shape index (κ3) is 12.2. The lowest BCUT2D eigenvalue weighted by Gasteiger charge is -2.22. The Kier molecular flexibility index (Phi) is 15.8. The molecule has 0 aliphatic carbocycles. The maximum Gasteiger partial charge on any atom is 0.333 e. The van der Waals surface area contributed by atoms with Crippen molar-refractivity contribution in [3.05, 3.63) is 105 Å². The van der Waals surface area contributed by atoms with E-state index in [9.17, 15) is 18.4 Å². The minimum absolute atomic E-state index is 0.0313. The van der Waals surface area contributed by atoms with Crippen LogP contribution in [-0.2, 0) is 32.4 Å². The first-order valence-electron chi connectivity index (χ1n) is 23.2. The predicted octanol–water partition coefficient (Wildman–Crippen LogP) is 8.20. The van der Waals surface area contributed by atoms with Gasteiger partial charge < -0.3 is 23.3 Å². The van der Waals surface area contributed by atoms with Crippen molar-refractivity contribution in [1.82, 2.24) is 57.0 Å². The van der Waals surface area contributed by atoms with Crippen LogP contribution in [0.2, 0.25) is 51.4 Å². The molecule has 0 radical (unpaired) electrons. The van der Waals surface area contributed by atoms with Crippen LogP contribution in [0, 0.1) is 11.6 Å². The molecule has 8 aromatic rings. The number of ether oxygens (including phenoxy) is 4. The van der Waals surface area contributed by atoms with E-state index in [-0.39, 0.29) is 48.6 Å². The van der Waals surface area contributed by atoms with Gasteiger partial charge in [0.25, 0.3) is 0 Å². The molecular formula is C46H59BrF2N12O6Si2. The first-order valence-corrected chi connectivity index (χ1v) is 31.4. The van der Waals surface area contributed by atoms with Crippen molar-refractivity contribution in [3.63, 3.8) is 0 Å². The van der Waals surface area contributed by atoms with Crippen molar-refractivity contribution >= 4 is 66.0 Å². The van der Waals surface area contributed by atoms with Crippen LogP contribution in [0.3, 0.4) is 0 Å². The SMILES string of the molecule is C[Si](C)(C)CCOCn1c(=O)n(C2CCOCC2)c2nc(-c3cnc4ccc(F)cn34)cnc21.C[Si](C)(C)CCOCn1c(=O)n(C2CCOCC2)c2nc(Br)cnc21.Fc1ccc2nccn2c1. The van der Waals surface area contributed by atoms with Gasteiger partial charge in [0.05, 0.1) is 24.3 Å². The van der Waals surface area contributed by atoms with E-state index in [0.29, 0.717) is 83.9 Å². The van der Waals surface area contributed by atoms with Gasteiger partial charge >= 0.3 is 11.4 Å². The average molecular weight is 1050 g/mol. The highest BCUT2D eigenvalue weighted by Gasteiger charge is 2.27. The third-order valence-electron chi connectivity index (χ3n) is 11.9. The Morgan fingerprint density at radius 3 is 1.74 bits per heavy atom. The molecule has 23 heteroatoms. The highest BCUT2D eigenvalue weighted by molar-refractivity contribution is 9.10. The highest BCUT2D eigenvalue weighted by atomic mass is 79.9. The van der Waals surface area contributed by atoms with Crippen molar-refractivity contribution in [2.45, 2.75) is 103 Å². The van der Waals surface area contributed by atoms with E-state index in [0.717, 1.165) is 43.4 Å². The van der Waals surface area contributed by atoms with Gasteiger partial charge in [-0.05, 0) is 78.0 Å². The molecule has 368 valence electrons. The zero-order valence-corrected chi connectivity index (χ0v) is 43.4. The lowest BCUT2D eigenvalue weighted by atomic mass is 10.1. The number of hydrogen-bond donors (Lipinski definition) is 0. The minimum atomic E-state index is -1.24. The van der Waals surface area contributed by atoms with Crippen molar-refractivity contribution in [2.75, 3.05) is 39.6 Å². The molecule has 10 heterocycles. The summed E-state index contributed by atoms with van der Waals surface area (Å²) in [7, 11) is -2.40. The Balaban J connectivity index is 0.000000159. The molecule has 2 aliphatic rings. The summed E-state index contributed by atoms with van der Waals surface area (Å²) in [6.07, 6.45) is 14.0. The van der Waals surface area contributed by atoms with E-state index in [4.69, 9.17) is 23.9 Å². The zero-order valence-electron chi connectivity index (χ0n) is 39.9. The average Bonchev–Trinajstić information content (AvgIpc) is 4.08. The summed E-state index contributed by atoms with van der Waals surface area (Å²) in [5, 5.41) is 0. The number of fused-ring (bicyclic) bond motifs is 4. The molecule has 0 unspecified atom stereocenters. The number of hydrogen-bond acceptors (Lipinski definition) is 12. The molecule has 0 atom stereocenters. The largest absolute Gasteiger partial charge is 0.381 e. The summed E-state index contributed by atoms with van der Waals surface area (Å²) >= 11 is 3.36. The van der Waals surface area contributed by atoms with Crippen molar-refractivity contribution in [1.29, 1.82) is 0 Å². The lowest BCUT2D eigenvalue weighted by Crippen LogP contribution is -2.31. The van der Waals surface area contributed by atoms with E-state index in [1.165, 1.54) is 24.5 Å². The van der Waals surface area contributed by atoms with E-state index < -0.39 is 16.1 Å². The molecule has 10 rings (SSSR count). The fourth-order valence-corrected chi connectivity index (χ4v) is 9.84. The van der Waals surface area contributed by atoms with Crippen LogP contribution in [0.1, 0.15) is 37.8 Å². The number of nitrogens with zero attached hydrogens (tertiary/aromatic N) is 12. The smallest absolute Gasteiger partial charge is 0.333 e. The summed E-state index contributed by atoms with van der Waals surface area (Å²) < 4.78 is 59.5. The summed E-state index contributed by atoms with van der Waals surface area (Å²) in [6, 6.07) is 8.14. The van der Waals surface area contributed by atoms with Gasteiger partial charge in [-0.15, -0.1) is 0 Å². The molecule has 0 amide bonds. The molecule has 8 aromatic heterocycles. The lowest BCUT2D eigenvalue weighted by molar-refractivity contribution is 0.0667. The van der Waals surface area contributed by atoms with Crippen LogP contribution >= 0.6 is 15.9 Å². The normalized spacial score (nSPS) is 15.2. The number of pyridine rings is 2. The van der Waals surface area contributed by atoms with Gasteiger partial charge in [-0.3, -0.25) is 22.7 Å². The molecule has 2 aliphatic heterocycles. The summed E-state index contributed by atoms with van der Waals surface area (Å²) in [6.45, 7) is 17.9. The first kappa shape index (κ1) is 50.1. The fraction of sp³-hybridized carbons (Fsp3) is 0.478. The number of rotatable bonds is 13. The van der Waals surface area contributed by atoms with Gasteiger partial charge in [0, 0.05) is 92.7 Å². The Morgan fingerprint density at radius 1 is 0.652 bits per heavy atom. The van der Waals surface area contributed by atoms with E-state index in [2.05, 4.69) is 80.1 Å². The predicted molar refractivity (Wildman–Crippen MR) is 267 cm³/mol. The quantitative estimate of drug-likeness (QED) is 0.0800. The van der Waals surface area contributed by atoms with Crippen molar-refractivity contribution < 1.29 is 27.7 Å². The van der Waals surface area contributed by atoms with E-state index >= 15 is 0 Å². The van der Waals surface area contributed by atoms with Crippen LogP contribution in [0.5, 0.6) is 0 Å². The Labute approximate surface area is 407 Å². The second kappa shape index (κ2) is 21.8. The minimum Gasteiger partial charge on any atom is -0.381 e.